The van der Waals surface area contributed by atoms with Crippen molar-refractivity contribution in [1.29, 1.82) is 0 Å². The summed E-state index contributed by atoms with van der Waals surface area (Å²) in [6.45, 7) is 0. The number of hydrogen-bond donors (Lipinski definition) is 2. The highest BCUT2D eigenvalue weighted by atomic mass is 16.5. The summed E-state index contributed by atoms with van der Waals surface area (Å²) in [5.74, 6) is -0.738. The Hall–Kier alpha value is -2.30. The average molecular weight is 219 g/mol. The van der Waals surface area contributed by atoms with E-state index in [0.717, 1.165) is 0 Å². The number of carboxylic acid groups (broad SMARTS) is 1. The number of aromatic amines is 1. The quantitative estimate of drug-likeness (QED) is 0.796. The maximum Gasteiger partial charge on any atom is 0.341 e. The van der Waals surface area contributed by atoms with Crippen molar-refractivity contribution in [1.82, 2.24) is 4.98 Å². The van der Waals surface area contributed by atoms with Crippen LogP contribution in [0.4, 0.5) is 0 Å². The van der Waals surface area contributed by atoms with Gasteiger partial charge < -0.3 is 14.8 Å². The van der Waals surface area contributed by atoms with Crippen LogP contribution in [0.5, 0.6) is 5.75 Å². The third-order valence-corrected chi connectivity index (χ3v) is 2.29. The SMILES string of the molecule is COc1cccc2cc(C(=O)O)c(=O)[nH]c12. The molecule has 16 heavy (non-hydrogen) atoms. The van der Waals surface area contributed by atoms with Crippen molar-refractivity contribution in [3.63, 3.8) is 0 Å². The molecule has 0 bridgehead atoms. The summed E-state index contributed by atoms with van der Waals surface area (Å²) >= 11 is 0. The number of benzene rings is 1. The second-order valence-electron chi connectivity index (χ2n) is 3.24. The van der Waals surface area contributed by atoms with Gasteiger partial charge in [-0.25, -0.2) is 4.79 Å². The van der Waals surface area contributed by atoms with E-state index in [2.05, 4.69) is 4.98 Å². The molecular weight excluding hydrogens is 210 g/mol. The zero-order valence-electron chi connectivity index (χ0n) is 8.48. The van der Waals surface area contributed by atoms with Crippen molar-refractivity contribution < 1.29 is 14.6 Å². The molecule has 1 aromatic heterocycles. The smallest absolute Gasteiger partial charge is 0.341 e. The molecule has 82 valence electrons. The van der Waals surface area contributed by atoms with Crippen LogP contribution in [0.2, 0.25) is 0 Å². The third kappa shape index (κ3) is 1.52. The molecule has 1 aromatic carbocycles. The third-order valence-electron chi connectivity index (χ3n) is 2.29. The normalized spacial score (nSPS) is 10.3. The largest absolute Gasteiger partial charge is 0.495 e. The monoisotopic (exact) mass is 219 g/mol. The zero-order chi connectivity index (χ0) is 11.7. The summed E-state index contributed by atoms with van der Waals surface area (Å²) in [7, 11) is 1.48. The number of para-hydroxylation sites is 1. The molecule has 2 aromatic rings. The Bertz CT molecular complexity index is 615. The summed E-state index contributed by atoms with van der Waals surface area (Å²) in [6.07, 6.45) is 0. The average Bonchev–Trinajstić information content (AvgIpc) is 2.27. The Morgan fingerprint density at radius 2 is 2.19 bits per heavy atom. The molecule has 5 nitrogen and oxygen atoms in total. The number of nitrogens with one attached hydrogen (secondary N) is 1. The van der Waals surface area contributed by atoms with Crippen molar-refractivity contribution in [2.75, 3.05) is 7.11 Å². The summed E-state index contributed by atoms with van der Waals surface area (Å²) in [5.41, 5.74) is -0.412. The molecule has 0 saturated heterocycles. The topological polar surface area (TPSA) is 79.4 Å². The Balaban J connectivity index is 2.83. The van der Waals surface area contributed by atoms with Crippen LogP contribution < -0.4 is 10.3 Å². The Morgan fingerprint density at radius 1 is 1.44 bits per heavy atom. The van der Waals surface area contributed by atoms with Gasteiger partial charge in [0.15, 0.2) is 0 Å². The number of fused-ring (bicyclic) bond motifs is 1. The highest BCUT2D eigenvalue weighted by Gasteiger charge is 2.11. The maximum atomic E-state index is 11.5. The van der Waals surface area contributed by atoms with E-state index in [1.165, 1.54) is 13.2 Å². The van der Waals surface area contributed by atoms with Crippen LogP contribution in [0.1, 0.15) is 10.4 Å². The highest BCUT2D eigenvalue weighted by molar-refractivity contribution is 5.93. The van der Waals surface area contributed by atoms with Gasteiger partial charge in [0.2, 0.25) is 0 Å². The molecule has 0 amide bonds. The molecule has 0 saturated carbocycles. The molecule has 0 aliphatic carbocycles. The minimum Gasteiger partial charge on any atom is -0.495 e. The van der Waals surface area contributed by atoms with Gasteiger partial charge in [-0.05, 0) is 12.1 Å². The van der Waals surface area contributed by atoms with Gasteiger partial charge in [0.05, 0.1) is 12.6 Å². The molecule has 0 atom stereocenters. The lowest BCUT2D eigenvalue weighted by atomic mass is 10.1. The molecule has 0 aliphatic rings. The molecule has 0 unspecified atom stereocenters. The molecule has 1 heterocycles. The number of pyridine rings is 1. The van der Waals surface area contributed by atoms with Gasteiger partial charge >= 0.3 is 5.97 Å². The van der Waals surface area contributed by atoms with Gasteiger partial charge in [-0.15, -0.1) is 0 Å². The number of methoxy groups -OCH3 is 1. The molecule has 5 heteroatoms. The molecule has 0 aliphatic heterocycles. The number of aromatic nitrogens is 1. The van der Waals surface area contributed by atoms with E-state index in [4.69, 9.17) is 9.84 Å². The number of hydrogen-bond acceptors (Lipinski definition) is 3. The van der Waals surface area contributed by atoms with Crippen molar-refractivity contribution in [3.05, 3.63) is 40.2 Å². The summed E-state index contributed by atoms with van der Waals surface area (Å²) < 4.78 is 5.07. The number of ether oxygens (including phenoxy) is 1. The van der Waals surface area contributed by atoms with Crippen LogP contribution in [0.15, 0.2) is 29.1 Å². The van der Waals surface area contributed by atoms with Gasteiger partial charge in [-0.3, -0.25) is 4.79 Å². The van der Waals surface area contributed by atoms with Crippen LogP contribution in [-0.2, 0) is 0 Å². The number of aromatic carboxylic acids is 1. The minimum atomic E-state index is -1.24. The second kappa shape index (κ2) is 3.69. The fraction of sp³-hybridized carbons (Fsp3) is 0.0909. The fourth-order valence-electron chi connectivity index (χ4n) is 1.53. The van der Waals surface area contributed by atoms with E-state index in [1.54, 1.807) is 18.2 Å². The van der Waals surface area contributed by atoms with Crippen molar-refractivity contribution in [3.8, 4) is 5.75 Å². The Kier molecular flexibility index (Phi) is 2.36. The highest BCUT2D eigenvalue weighted by Crippen LogP contribution is 2.22. The number of carbonyl (C=O) groups is 1. The molecule has 2 N–H and O–H groups in total. The number of carboxylic acids is 1. The van der Waals surface area contributed by atoms with E-state index in [-0.39, 0.29) is 5.56 Å². The fourth-order valence-corrected chi connectivity index (χ4v) is 1.53. The first kappa shape index (κ1) is 10.2. The van der Waals surface area contributed by atoms with Crippen LogP contribution >= 0.6 is 0 Å². The lowest BCUT2D eigenvalue weighted by Crippen LogP contribution is -2.17. The Morgan fingerprint density at radius 3 is 2.81 bits per heavy atom. The molecule has 0 fully saturated rings. The van der Waals surface area contributed by atoms with Gasteiger partial charge in [-0.1, -0.05) is 12.1 Å². The molecular formula is C11H9NO4. The lowest BCUT2D eigenvalue weighted by Gasteiger charge is -2.05. The zero-order valence-corrected chi connectivity index (χ0v) is 8.48. The van der Waals surface area contributed by atoms with Gasteiger partial charge in [0.25, 0.3) is 5.56 Å². The predicted octanol–water partition coefficient (Wildman–Crippen LogP) is 1.23. The van der Waals surface area contributed by atoms with E-state index >= 15 is 0 Å². The lowest BCUT2D eigenvalue weighted by molar-refractivity contribution is 0.0695. The Labute approximate surface area is 90.3 Å². The van der Waals surface area contributed by atoms with E-state index in [9.17, 15) is 9.59 Å². The van der Waals surface area contributed by atoms with Crippen LogP contribution in [0.3, 0.4) is 0 Å². The number of rotatable bonds is 2. The predicted molar refractivity (Wildman–Crippen MR) is 58.1 cm³/mol. The van der Waals surface area contributed by atoms with E-state index in [0.29, 0.717) is 16.7 Å². The summed E-state index contributed by atoms with van der Waals surface area (Å²) in [6, 6.07) is 6.46. The molecule has 2 rings (SSSR count). The van der Waals surface area contributed by atoms with Crippen molar-refractivity contribution in [2.45, 2.75) is 0 Å². The molecule has 0 spiro atoms. The first-order valence-corrected chi connectivity index (χ1v) is 4.57. The molecule has 0 radical (unpaired) electrons. The van der Waals surface area contributed by atoms with Crippen molar-refractivity contribution >= 4 is 16.9 Å². The van der Waals surface area contributed by atoms with E-state index < -0.39 is 11.5 Å². The summed E-state index contributed by atoms with van der Waals surface area (Å²) in [4.78, 5) is 24.7. The summed E-state index contributed by atoms with van der Waals surface area (Å²) in [5, 5.41) is 9.42. The van der Waals surface area contributed by atoms with Gasteiger partial charge in [0, 0.05) is 5.39 Å². The van der Waals surface area contributed by atoms with E-state index in [1.807, 2.05) is 0 Å². The van der Waals surface area contributed by atoms with Gasteiger partial charge in [-0.2, -0.15) is 0 Å². The van der Waals surface area contributed by atoms with Crippen LogP contribution in [0.25, 0.3) is 10.9 Å². The van der Waals surface area contributed by atoms with Crippen LogP contribution in [-0.4, -0.2) is 23.2 Å². The second-order valence-corrected chi connectivity index (χ2v) is 3.24. The minimum absolute atomic E-state index is 0.277. The number of H-pyrrole nitrogens is 1. The maximum absolute atomic E-state index is 11.5. The van der Waals surface area contributed by atoms with Crippen molar-refractivity contribution in [2.24, 2.45) is 0 Å². The first-order valence-electron chi connectivity index (χ1n) is 4.57. The van der Waals surface area contributed by atoms with Crippen LogP contribution in [0, 0.1) is 0 Å². The first-order chi connectivity index (χ1) is 7.63. The standard InChI is InChI=1S/C11H9NO4/c1-16-8-4-2-3-6-5-7(11(14)15)10(13)12-9(6)8/h2-5H,1H3,(H,12,13)(H,14,15). The van der Waals surface area contributed by atoms with Gasteiger partial charge in [0.1, 0.15) is 11.3 Å².